The molecule has 5 nitrogen and oxygen atoms in total. The van der Waals surface area contributed by atoms with Gasteiger partial charge in [-0.05, 0) is 49.7 Å². The molecule has 0 fully saturated rings. The van der Waals surface area contributed by atoms with E-state index in [-0.39, 0.29) is 18.4 Å². The Kier molecular flexibility index (Phi) is 6.31. The number of rotatable bonds is 6. The number of para-hydroxylation sites is 1. The molecule has 5 heteroatoms. The van der Waals surface area contributed by atoms with Crippen LogP contribution in [0, 0.1) is 13.8 Å². The van der Waals surface area contributed by atoms with Crippen molar-refractivity contribution in [3.8, 4) is 0 Å². The van der Waals surface area contributed by atoms with Gasteiger partial charge in [0, 0.05) is 12.2 Å². The molecule has 2 rings (SSSR count). The quantitative estimate of drug-likeness (QED) is 0.821. The predicted molar refractivity (Wildman–Crippen MR) is 98.7 cm³/mol. The largest absolute Gasteiger partial charge is 0.465 e. The highest BCUT2D eigenvalue weighted by Gasteiger charge is 2.11. The number of ether oxygens (including phenoxy) is 1. The highest BCUT2D eigenvalue weighted by atomic mass is 16.5. The molecule has 0 aliphatic heterocycles. The summed E-state index contributed by atoms with van der Waals surface area (Å²) in [6, 6.07) is 13.1. The van der Waals surface area contributed by atoms with Crippen LogP contribution < -0.4 is 5.32 Å². The van der Waals surface area contributed by atoms with E-state index in [2.05, 4.69) is 10.1 Å². The number of methoxy groups -OCH3 is 1. The zero-order valence-electron chi connectivity index (χ0n) is 15.1. The van der Waals surface area contributed by atoms with Gasteiger partial charge in [0.1, 0.15) is 0 Å². The Morgan fingerprint density at radius 1 is 1.04 bits per heavy atom. The third kappa shape index (κ3) is 5.16. The van der Waals surface area contributed by atoms with E-state index in [0.29, 0.717) is 12.1 Å². The minimum atomic E-state index is -0.354. The summed E-state index contributed by atoms with van der Waals surface area (Å²) in [5, 5.41) is 2.99. The van der Waals surface area contributed by atoms with Gasteiger partial charge in [0.25, 0.3) is 0 Å². The van der Waals surface area contributed by atoms with Crippen molar-refractivity contribution in [1.29, 1.82) is 0 Å². The fourth-order valence-electron chi connectivity index (χ4n) is 2.67. The molecular weight excluding hydrogens is 316 g/mol. The molecule has 0 aromatic heterocycles. The summed E-state index contributed by atoms with van der Waals surface area (Å²) in [4.78, 5) is 25.6. The Bertz CT molecular complexity index is 734. The van der Waals surface area contributed by atoms with Crippen LogP contribution in [0.4, 0.5) is 5.69 Å². The number of likely N-dealkylation sites (N-methyl/N-ethyl adjacent to an activating group) is 1. The molecule has 0 bridgehead atoms. The van der Waals surface area contributed by atoms with Gasteiger partial charge in [-0.3, -0.25) is 9.69 Å². The molecule has 0 aliphatic rings. The van der Waals surface area contributed by atoms with Crippen LogP contribution in [0.5, 0.6) is 0 Å². The first-order chi connectivity index (χ1) is 11.9. The summed E-state index contributed by atoms with van der Waals surface area (Å²) in [5.74, 6) is -0.404. The maximum atomic E-state index is 12.3. The van der Waals surface area contributed by atoms with E-state index in [4.69, 9.17) is 0 Å². The second kappa shape index (κ2) is 8.44. The number of benzene rings is 2. The van der Waals surface area contributed by atoms with Crippen molar-refractivity contribution in [2.45, 2.75) is 20.4 Å². The average molecular weight is 340 g/mol. The third-order valence-electron chi connectivity index (χ3n) is 3.99. The van der Waals surface area contributed by atoms with Crippen LogP contribution in [-0.4, -0.2) is 37.5 Å². The molecule has 0 atom stereocenters. The van der Waals surface area contributed by atoms with Crippen molar-refractivity contribution in [2.24, 2.45) is 0 Å². The van der Waals surface area contributed by atoms with Gasteiger partial charge in [-0.1, -0.05) is 30.3 Å². The van der Waals surface area contributed by atoms with Crippen molar-refractivity contribution in [3.05, 3.63) is 64.7 Å². The lowest BCUT2D eigenvalue weighted by Crippen LogP contribution is -2.30. The Morgan fingerprint density at radius 3 is 2.20 bits per heavy atom. The van der Waals surface area contributed by atoms with Gasteiger partial charge in [-0.2, -0.15) is 0 Å². The summed E-state index contributed by atoms with van der Waals surface area (Å²) >= 11 is 0. The Morgan fingerprint density at radius 2 is 1.64 bits per heavy atom. The van der Waals surface area contributed by atoms with E-state index >= 15 is 0 Å². The van der Waals surface area contributed by atoms with Crippen LogP contribution in [0.1, 0.15) is 27.0 Å². The first-order valence-electron chi connectivity index (χ1n) is 8.12. The molecule has 25 heavy (non-hydrogen) atoms. The standard InChI is InChI=1S/C20H24N2O3/c1-14-6-5-7-15(2)19(14)21-18(23)13-22(3)12-16-8-10-17(11-9-16)20(24)25-4/h5-11H,12-13H2,1-4H3,(H,21,23). The van der Waals surface area contributed by atoms with Gasteiger partial charge < -0.3 is 10.1 Å². The molecular formula is C20H24N2O3. The molecule has 0 radical (unpaired) electrons. The molecule has 0 unspecified atom stereocenters. The molecule has 132 valence electrons. The number of hydrogen-bond acceptors (Lipinski definition) is 4. The van der Waals surface area contributed by atoms with Crippen LogP contribution in [0.25, 0.3) is 0 Å². The lowest BCUT2D eigenvalue weighted by Gasteiger charge is -2.18. The van der Waals surface area contributed by atoms with Crippen molar-refractivity contribution in [2.75, 3.05) is 26.0 Å². The Balaban J connectivity index is 1.92. The topological polar surface area (TPSA) is 58.6 Å². The van der Waals surface area contributed by atoms with E-state index in [9.17, 15) is 9.59 Å². The lowest BCUT2D eigenvalue weighted by atomic mass is 10.1. The van der Waals surface area contributed by atoms with Crippen LogP contribution in [0.15, 0.2) is 42.5 Å². The number of anilines is 1. The van der Waals surface area contributed by atoms with Crippen LogP contribution in [-0.2, 0) is 16.1 Å². The summed E-state index contributed by atoms with van der Waals surface area (Å²) in [6.45, 7) is 4.86. The predicted octanol–water partition coefficient (Wildman–Crippen LogP) is 3.16. The zero-order chi connectivity index (χ0) is 18.4. The lowest BCUT2D eigenvalue weighted by molar-refractivity contribution is -0.117. The molecule has 2 aromatic rings. The minimum Gasteiger partial charge on any atom is -0.465 e. The normalized spacial score (nSPS) is 10.6. The van der Waals surface area contributed by atoms with Crippen molar-refractivity contribution in [3.63, 3.8) is 0 Å². The maximum absolute atomic E-state index is 12.3. The number of aryl methyl sites for hydroxylation is 2. The summed E-state index contributed by atoms with van der Waals surface area (Å²) in [7, 11) is 3.25. The van der Waals surface area contributed by atoms with Crippen LogP contribution in [0.2, 0.25) is 0 Å². The average Bonchev–Trinajstić information content (AvgIpc) is 2.58. The molecule has 2 aromatic carbocycles. The van der Waals surface area contributed by atoms with Crippen LogP contribution >= 0.6 is 0 Å². The smallest absolute Gasteiger partial charge is 0.337 e. The van der Waals surface area contributed by atoms with E-state index < -0.39 is 0 Å². The second-order valence-corrected chi connectivity index (χ2v) is 6.18. The highest BCUT2D eigenvalue weighted by Crippen LogP contribution is 2.19. The molecule has 1 N–H and O–H groups in total. The maximum Gasteiger partial charge on any atom is 0.337 e. The fraction of sp³-hybridized carbons (Fsp3) is 0.300. The van der Waals surface area contributed by atoms with Crippen molar-refractivity contribution < 1.29 is 14.3 Å². The number of esters is 1. The van der Waals surface area contributed by atoms with Gasteiger partial charge in [-0.25, -0.2) is 4.79 Å². The number of nitrogens with one attached hydrogen (secondary N) is 1. The Labute approximate surface area is 148 Å². The molecule has 0 saturated heterocycles. The van der Waals surface area contributed by atoms with Gasteiger partial charge >= 0.3 is 5.97 Å². The number of carbonyl (C=O) groups is 2. The number of nitrogens with zero attached hydrogens (tertiary/aromatic N) is 1. The summed E-state index contributed by atoms with van der Waals surface area (Å²) < 4.78 is 4.68. The van der Waals surface area contributed by atoms with Gasteiger partial charge in [0.15, 0.2) is 0 Å². The van der Waals surface area contributed by atoms with E-state index in [1.165, 1.54) is 7.11 Å². The third-order valence-corrected chi connectivity index (χ3v) is 3.99. The molecule has 0 aliphatic carbocycles. The Hall–Kier alpha value is -2.66. The SMILES string of the molecule is COC(=O)c1ccc(CN(C)CC(=O)Nc2c(C)cccc2C)cc1. The summed E-state index contributed by atoms with van der Waals surface area (Å²) in [5.41, 5.74) is 4.52. The molecule has 0 saturated carbocycles. The van der Waals surface area contributed by atoms with Crippen molar-refractivity contribution in [1.82, 2.24) is 4.90 Å². The minimum absolute atomic E-state index is 0.0499. The van der Waals surface area contributed by atoms with Gasteiger partial charge in [-0.15, -0.1) is 0 Å². The number of amides is 1. The summed E-state index contributed by atoms with van der Waals surface area (Å²) in [6.07, 6.45) is 0. The first kappa shape index (κ1) is 18.7. The molecule has 1 amide bonds. The highest BCUT2D eigenvalue weighted by molar-refractivity contribution is 5.93. The van der Waals surface area contributed by atoms with Crippen LogP contribution in [0.3, 0.4) is 0 Å². The fourth-order valence-corrected chi connectivity index (χ4v) is 2.67. The van der Waals surface area contributed by atoms with E-state index in [1.807, 2.05) is 56.1 Å². The molecule has 0 heterocycles. The first-order valence-corrected chi connectivity index (χ1v) is 8.12. The molecule has 0 spiro atoms. The number of hydrogen-bond donors (Lipinski definition) is 1. The zero-order valence-corrected chi connectivity index (χ0v) is 15.1. The number of carbonyl (C=O) groups excluding carboxylic acids is 2. The van der Waals surface area contributed by atoms with Gasteiger partial charge in [0.05, 0.1) is 19.2 Å². The second-order valence-electron chi connectivity index (χ2n) is 6.18. The van der Waals surface area contributed by atoms with Crippen molar-refractivity contribution >= 4 is 17.6 Å². The van der Waals surface area contributed by atoms with E-state index in [0.717, 1.165) is 22.4 Å². The monoisotopic (exact) mass is 340 g/mol. The van der Waals surface area contributed by atoms with Gasteiger partial charge in [0.2, 0.25) is 5.91 Å². The van der Waals surface area contributed by atoms with E-state index in [1.54, 1.807) is 12.1 Å².